The zero-order valence-electron chi connectivity index (χ0n) is 11.6. The lowest BCUT2D eigenvalue weighted by Crippen LogP contribution is -2.01. The average molecular weight is 291 g/mol. The molecule has 1 rings (SSSR count). The number of unbranched alkanes of at least 4 members (excludes halogenated alkanes) is 2. The Morgan fingerprint density at radius 1 is 1.05 bits per heavy atom. The van der Waals surface area contributed by atoms with Crippen LogP contribution < -0.4 is 0 Å². The Balaban J connectivity index is 2.47. The van der Waals surface area contributed by atoms with Crippen molar-refractivity contribution >= 4 is 11.6 Å². The fourth-order valence-electron chi connectivity index (χ4n) is 1.61. The lowest BCUT2D eigenvalue weighted by atomic mass is 10.1. The highest BCUT2D eigenvalue weighted by Crippen LogP contribution is 2.15. The highest BCUT2D eigenvalue weighted by atomic mass is 35.5. The van der Waals surface area contributed by atoms with Gasteiger partial charge in [0, 0.05) is 5.02 Å². The number of hydrogen-bond donors (Lipinski definition) is 2. The molecule has 2 nitrogen and oxygen atoms in total. The van der Waals surface area contributed by atoms with Crippen LogP contribution in [0.2, 0.25) is 5.02 Å². The summed E-state index contributed by atoms with van der Waals surface area (Å²) in [5.74, 6) is 10.4. The summed E-state index contributed by atoms with van der Waals surface area (Å²) in [6, 6.07) is 6.83. The SMILES string of the molecule is CCCCCC(O)C#CC#CC(O)c1ccc(Cl)cc1. The summed E-state index contributed by atoms with van der Waals surface area (Å²) in [6.45, 7) is 2.11. The summed E-state index contributed by atoms with van der Waals surface area (Å²) in [6.07, 6.45) is 2.32. The molecule has 3 heteroatoms. The normalized spacial score (nSPS) is 12.6. The van der Waals surface area contributed by atoms with Gasteiger partial charge in [-0.05, 0) is 42.4 Å². The smallest absolute Gasteiger partial charge is 0.141 e. The molecule has 20 heavy (non-hydrogen) atoms. The minimum absolute atomic E-state index is 0.615. The van der Waals surface area contributed by atoms with Crippen molar-refractivity contribution in [3.05, 3.63) is 34.9 Å². The predicted molar refractivity (Wildman–Crippen MR) is 82.1 cm³/mol. The van der Waals surface area contributed by atoms with Gasteiger partial charge < -0.3 is 10.2 Å². The topological polar surface area (TPSA) is 40.5 Å². The van der Waals surface area contributed by atoms with Gasteiger partial charge in [-0.15, -0.1) is 0 Å². The average Bonchev–Trinajstić information content (AvgIpc) is 2.44. The standard InChI is InChI=1S/C17H19ClO2/c1-2-3-4-7-16(19)8-5-6-9-17(20)14-10-12-15(18)13-11-14/h10-13,16-17,19-20H,2-4,7H2,1H3. The number of benzene rings is 1. The zero-order chi connectivity index (χ0) is 14.8. The van der Waals surface area contributed by atoms with Gasteiger partial charge in [-0.1, -0.05) is 55.3 Å². The molecule has 2 unspecified atom stereocenters. The second-order valence-electron chi connectivity index (χ2n) is 4.50. The van der Waals surface area contributed by atoms with Gasteiger partial charge in [-0.25, -0.2) is 0 Å². The Labute approximate surface area is 125 Å². The molecule has 2 atom stereocenters. The van der Waals surface area contributed by atoms with Crippen molar-refractivity contribution in [2.45, 2.75) is 44.8 Å². The molecule has 1 aromatic rings. The van der Waals surface area contributed by atoms with E-state index < -0.39 is 12.2 Å². The summed E-state index contributed by atoms with van der Waals surface area (Å²) in [5.41, 5.74) is 0.673. The molecule has 0 saturated heterocycles. The minimum atomic E-state index is -0.890. The van der Waals surface area contributed by atoms with E-state index in [9.17, 15) is 10.2 Å². The van der Waals surface area contributed by atoms with E-state index in [-0.39, 0.29) is 0 Å². The molecule has 0 saturated carbocycles. The van der Waals surface area contributed by atoms with Crippen LogP contribution in [0.5, 0.6) is 0 Å². The van der Waals surface area contributed by atoms with Crippen molar-refractivity contribution in [2.75, 3.05) is 0 Å². The highest BCUT2D eigenvalue weighted by molar-refractivity contribution is 6.30. The molecule has 0 spiro atoms. The summed E-state index contributed by atoms with van der Waals surface area (Å²) in [5, 5.41) is 20.0. The fraction of sp³-hybridized carbons (Fsp3) is 0.412. The zero-order valence-corrected chi connectivity index (χ0v) is 12.3. The third-order valence-corrected chi connectivity index (χ3v) is 3.03. The number of aliphatic hydroxyl groups is 2. The van der Waals surface area contributed by atoms with Crippen molar-refractivity contribution in [1.82, 2.24) is 0 Å². The first-order valence-electron chi connectivity index (χ1n) is 6.76. The Bertz CT molecular complexity index is 514. The van der Waals surface area contributed by atoms with E-state index in [1.807, 2.05) is 0 Å². The van der Waals surface area contributed by atoms with Crippen LogP contribution in [0, 0.1) is 23.7 Å². The maximum Gasteiger partial charge on any atom is 0.141 e. The molecule has 2 N–H and O–H groups in total. The first-order valence-corrected chi connectivity index (χ1v) is 7.14. The first kappa shape index (κ1) is 16.6. The van der Waals surface area contributed by atoms with Crippen molar-refractivity contribution in [2.24, 2.45) is 0 Å². The molecule has 0 amide bonds. The number of aliphatic hydroxyl groups excluding tert-OH is 2. The Morgan fingerprint density at radius 2 is 1.70 bits per heavy atom. The van der Waals surface area contributed by atoms with Gasteiger partial charge in [0.05, 0.1) is 0 Å². The molecule has 106 valence electrons. The van der Waals surface area contributed by atoms with Gasteiger partial charge >= 0.3 is 0 Å². The van der Waals surface area contributed by atoms with Crippen molar-refractivity contribution < 1.29 is 10.2 Å². The van der Waals surface area contributed by atoms with Gasteiger partial charge in [0.15, 0.2) is 0 Å². The van der Waals surface area contributed by atoms with Gasteiger partial charge in [0.2, 0.25) is 0 Å². The van der Waals surface area contributed by atoms with Crippen LogP contribution in [0.4, 0.5) is 0 Å². The molecule has 0 aliphatic carbocycles. The monoisotopic (exact) mass is 290 g/mol. The molecule has 0 aromatic heterocycles. The molecule has 0 fully saturated rings. The lowest BCUT2D eigenvalue weighted by molar-refractivity contribution is 0.217. The number of halogens is 1. The second-order valence-corrected chi connectivity index (χ2v) is 4.94. The van der Waals surface area contributed by atoms with E-state index in [0.29, 0.717) is 17.0 Å². The molecule has 0 aliphatic heterocycles. The van der Waals surface area contributed by atoms with Gasteiger partial charge in [0.1, 0.15) is 12.2 Å². The van der Waals surface area contributed by atoms with E-state index in [4.69, 9.17) is 11.6 Å². The second kappa shape index (κ2) is 9.45. The highest BCUT2D eigenvalue weighted by Gasteiger charge is 2.02. The molecule has 0 bridgehead atoms. The third-order valence-electron chi connectivity index (χ3n) is 2.78. The summed E-state index contributed by atoms with van der Waals surface area (Å²) in [4.78, 5) is 0. The van der Waals surface area contributed by atoms with Gasteiger partial charge in [-0.2, -0.15) is 0 Å². The van der Waals surface area contributed by atoms with Crippen LogP contribution in [-0.2, 0) is 0 Å². The van der Waals surface area contributed by atoms with Gasteiger partial charge in [-0.3, -0.25) is 0 Å². The lowest BCUT2D eigenvalue weighted by Gasteiger charge is -2.02. The summed E-state index contributed by atoms with van der Waals surface area (Å²) in [7, 11) is 0. The molecular weight excluding hydrogens is 272 g/mol. The van der Waals surface area contributed by atoms with Gasteiger partial charge in [0.25, 0.3) is 0 Å². The summed E-state index contributed by atoms with van der Waals surface area (Å²) >= 11 is 5.76. The van der Waals surface area contributed by atoms with Crippen molar-refractivity contribution in [1.29, 1.82) is 0 Å². The molecule has 0 heterocycles. The van der Waals surface area contributed by atoms with Crippen LogP contribution in [-0.4, -0.2) is 16.3 Å². The van der Waals surface area contributed by atoms with E-state index in [1.165, 1.54) is 0 Å². The quantitative estimate of drug-likeness (QED) is 0.645. The third kappa shape index (κ3) is 6.64. The van der Waals surface area contributed by atoms with Crippen LogP contribution in [0.25, 0.3) is 0 Å². The molecular formula is C17H19ClO2. The first-order chi connectivity index (χ1) is 9.63. The van der Waals surface area contributed by atoms with Crippen molar-refractivity contribution in [3.8, 4) is 23.7 Å². The minimum Gasteiger partial charge on any atom is -0.380 e. The summed E-state index contributed by atoms with van der Waals surface area (Å²) < 4.78 is 0. The van der Waals surface area contributed by atoms with Crippen molar-refractivity contribution in [3.63, 3.8) is 0 Å². The Kier molecular flexibility index (Phi) is 7.85. The van der Waals surface area contributed by atoms with E-state index in [1.54, 1.807) is 24.3 Å². The molecule has 1 aromatic carbocycles. The van der Waals surface area contributed by atoms with Crippen LogP contribution in [0.3, 0.4) is 0 Å². The number of rotatable bonds is 5. The van der Waals surface area contributed by atoms with Crippen LogP contribution in [0.1, 0.15) is 44.3 Å². The number of hydrogen-bond acceptors (Lipinski definition) is 2. The molecule has 0 aliphatic rings. The van der Waals surface area contributed by atoms with E-state index in [0.717, 1.165) is 19.3 Å². The van der Waals surface area contributed by atoms with E-state index >= 15 is 0 Å². The Morgan fingerprint density at radius 3 is 2.35 bits per heavy atom. The largest absolute Gasteiger partial charge is 0.380 e. The van der Waals surface area contributed by atoms with Crippen LogP contribution >= 0.6 is 11.6 Å². The van der Waals surface area contributed by atoms with Crippen LogP contribution in [0.15, 0.2) is 24.3 Å². The molecule has 0 radical (unpaired) electrons. The van der Waals surface area contributed by atoms with E-state index in [2.05, 4.69) is 30.6 Å². The fourth-order valence-corrected chi connectivity index (χ4v) is 1.74. The Hall–Kier alpha value is -1.45. The maximum atomic E-state index is 9.80. The predicted octanol–water partition coefficient (Wildman–Crippen LogP) is 3.32. The maximum absolute atomic E-state index is 9.80.